The fourth-order valence-corrected chi connectivity index (χ4v) is 3.26. The van der Waals surface area contributed by atoms with E-state index in [1.54, 1.807) is 38.3 Å². The molecule has 0 bridgehead atoms. The predicted molar refractivity (Wildman–Crippen MR) is 85.5 cm³/mol. The number of likely N-dealkylation sites (N-methyl/N-ethyl adjacent to an activating group) is 1. The molecule has 4 heterocycles. The molecule has 128 valence electrons. The van der Waals surface area contributed by atoms with Crippen molar-refractivity contribution in [1.29, 1.82) is 5.26 Å². The molecule has 0 N–H and O–H groups in total. The lowest BCUT2D eigenvalue weighted by atomic mass is 10.2. The van der Waals surface area contributed by atoms with E-state index in [0.29, 0.717) is 44.1 Å². The van der Waals surface area contributed by atoms with Gasteiger partial charge in [-0.3, -0.25) is 19.0 Å². The Bertz CT molecular complexity index is 904. The minimum absolute atomic E-state index is 0.120. The van der Waals surface area contributed by atoms with Crippen LogP contribution in [0, 0.1) is 11.3 Å². The number of amides is 2. The normalized spacial score (nSPS) is 16.9. The topological polar surface area (TPSA) is 100 Å². The van der Waals surface area contributed by atoms with Crippen molar-refractivity contribution in [3.05, 3.63) is 34.9 Å². The monoisotopic (exact) mass is 339 g/mol. The molecule has 2 aliphatic rings. The van der Waals surface area contributed by atoms with Crippen molar-refractivity contribution in [2.75, 3.05) is 20.1 Å². The highest BCUT2D eigenvalue weighted by Gasteiger charge is 2.28. The zero-order valence-electron chi connectivity index (χ0n) is 13.8. The van der Waals surface area contributed by atoms with E-state index in [1.807, 2.05) is 6.07 Å². The third kappa shape index (κ3) is 2.55. The van der Waals surface area contributed by atoms with Gasteiger partial charge in [-0.05, 0) is 12.5 Å². The van der Waals surface area contributed by atoms with E-state index in [9.17, 15) is 9.59 Å². The zero-order chi connectivity index (χ0) is 17.6. The van der Waals surface area contributed by atoms with Crippen molar-refractivity contribution in [3.63, 3.8) is 0 Å². The Kier molecular flexibility index (Phi) is 3.53. The number of aromatic nitrogens is 4. The fourth-order valence-electron chi connectivity index (χ4n) is 3.26. The second-order valence-corrected chi connectivity index (χ2v) is 6.30. The van der Waals surface area contributed by atoms with Crippen molar-refractivity contribution in [2.24, 2.45) is 0 Å². The third-order valence-corrected chi connectivity index (χ3v) is 4.63. The number of carbonyl (C=O) groups is 2. The van der Waals surface area contributed by atoms with E-state index >= 15 is 0 Å². The van der Waals surface area contributed by atoms with Gasteiger partial charge in [0.15, 0.2) is 11.4 Å². The van der Waals surface area contributed by atoms with Crippen LogP contribution in [0.15, 0.2) is 12.1 Å². The Morgan fingerprint density at radius 3 is 2.80 bits per heavy atom. The molecule has 0 saturated heterocycles. The first kappa shape index (κ1) is 15.4. The molecule has 0 fully saturated rings. The summed E-state index contributed by atoms with van der Waals surface area (Å²) in [5.41, 5.74) is 1.92. The standard InChI is InChI=1S/C16H17N7O2/c1-20-5-6-23-14(16(20)25)8-13(19-23)15(24)21-3-2-4-22-12(10-21)7-11(9-17)18-22/h7-8H,2-6,10H2,1H3. The molecule has 0 spiro atoms. The van der Waals surface area contributed by atoms with Crippen LogP contribution in [0.1, 0.15) is 38.8 Å². The molecule has 2 aromatic rings. The molecule has 0 aliphatic carbocycles. The molecular weight excluding hydrogens is 322 g/mol. The maximum Gasteiger partial charge on any atom is 0.274 e. The Labute approximate surface area is 144 Å². The van der Waals surface area contributed by atoms with Crippen LogP contribution in [0.2, 0.25) is 0 Å². The minimum atomic E-state index is -0.203. The summed E-state index contributed by atoms with van der Waals surface area (Å²) >= 11 is 0. The molecule has 0 atom stereocenters. The second kappa shape index (κ2) is 5.73. The molecule has 9 heteroatoms. The van der Waals surface area contributed by atoms with Crippen LogP contribution in [0.25, 0.3) is 0 Å². The fraction of sp³-hybridized carbons (Fsp3) is 0.438. The van der Waals surface area contributed by atoms with Gasteiger partial charge in [-0.1, -0.05) is 0 Å². The van der Waals surface area contributed by atoms with Crippen LogP contribution in [0.3, 0.4) is 0 Å². The summed E-state index contributed by atoms with van der Waals surface area (Å²) in [7, 11) is 1.74. The van der Waals surface area contributed by atoms with E-state index in [1.165, 1.54) is 0 Å². The largest absolute Gasteiger partial charge is 0.339 e. The Hall–Kier alpha value is -3.15. The van der Waals surface area contributed by atoms with Gasteiger partial charge in [0.05, 0.1) is 18.8 Å². The average Bonchev–Trinajstić information content (AvgIpc) is 3.16. The van der Waals surface area contributed by atoms with Gasteiger partial charge in [0.25, 0.3) is 11.8 Å². The smallest absolute Gasteiger partial charge is 0.274 e. The highest BCUT2D eigenvalue weighted by molar-refractivity contribution is 5.98. The van der Waals surface area contributed by atoms with Crippen LogP contribution in [0.5, 0.6) is 0 Å². The van der Waals surface area contributed by atoms with Gasteiger partial charge in [-0.25, -0.2) is 0 Å². The van der Waals surface area contributed by atoms with Crippen molar-refractivity contribution in [3.8, 4) is 6.07 Å². The summed E-state index contributed by atoms with van der Waals surface area (Å²) < 4.78 is 3.38. The van der Waals surface area contributed by atoms with Crippen LogP contribution < -0.4 is 0 Å². The minimum Gasteiger partial charge on any atom is -0.339 e. The van der Waals surface area contributed by atoms with Crippen molar-refractivity contribution in [1.82, 2.24) is 29.4 Å². The van der Waals surface area contributed by atoms with E-state index in [4.69, 9.17) is 5.26 Å². The van der Waals surface area contributed by atoms with Crippen LogP contribution in [-0.2, 0) is 19.6 Å². The highest BCUT2D eigenvalue weighted by atomic mass is 16.2. The molecule has 0 radical (unpaired) electrons. The summed E-state index contributed by atoms with van der Waals surface area (Å²) in [6.45, 7) is 2.80. The van der Waals surface area contributed by atoms with Gasteiger partial charge < -0.3 is 9.80 Å². The first-order valence-corrected chi connectivity index (χ1v) is 8.16. The summed E-state index contributed by atoms with van der Waals surface area (Å²) in [6.07, 6.45) is 0.751. The molecule has 9 nitrogen and oxygen atoms in total. The number of nitrogens with zero attached hydrogens (tertiary/aromatic N) is 7. The van der Waals surface area contributed by atoms with Crippen LogP contribution in [-0.4, -0.2) is 61.3 Å². The molecule has 4 rings (SSSR count). The maximum absolute atomic E-state index is 12.9. The Morgan fingerprint density at radius 1 is 1.16 bits per heavy atom. The van der Waals surface area contributed by atoms with E-state index in [2.05, 4.69) is 10.2 Å². The molecular formula is C16H17N7O2. The Morgan fingerprint density at radius 2 is 2.00 bits per heavy atom. The summed E-state index contributed by atoms with van der Waals surface area (Å²) in [4.78, 5) is 28.4. The number of nitriles is 1. The van der Waals surface area contributed by atoms with Gasteiger partial charge in [-0.2, -0.15) is 15.5 Å². The zero-order valence-corrected chi connectivity index (χ0v) is 13.8. The lowest BCUT2D eigenvalue weighted by Gasteiger charge is -2.22. The molecule has 2 aromatic heterocycles. The number of aryl methyl sites for hydroxylation is 1. The van der Waals surface area contributed by atoms with Gasteiger partial charge in [0.1, 0.15) is 11.8 Å². The first-order valence-electron chi connectivity index (χ1n) is 8.16. The third-order valence-electron chi connectivity index (χ3n) is 4.63. The van der Waals surface area contributed by atoms with E-state index in [-0.39, 0.29) is 17.5 Å². The number of hydrogen-bond acceptors (Lipinski definition) is 5. The lowest BCUT2D eigenvalue weighted by Crippen LogP contribution is -2.37. The maximum atomic E-state index is 12.9. The predicted octanol–water partition coefficient (Wildman–Crippen LogP) is 0.0830. The van der Waals surface area contributed by atoms with Crippen LogP contribution >= 0.6 is 0 Å². The molecule has 0 unspecified atom stereocenters. The molecule has 2 amide bonds. The van der Waals surface area contributed by atoms with E-state index in [0.717, 1.165) is 12.1 Å². The van der Waals surface area contributed by atoms with Gasteiger partial charge >= 0.3 is 0 Å². The van der Waals surface area contributed by atoms with Gasteiger partial charge in [-0.15, -0.1) is 0 Å². The lowest BCUT2D eigenvalue weighted by molar-refractivity contribution is 0.0727. The SMILES string of the molecule is CN1CCn2nc(C(=O)N3CCCn4nc(C#N)cc4C3)cc2C1=O. The number of carbonyl (C=O) groups excluding carboxylic acids is 2. The summed E-state index contributed by atoms with van der Waals surface area (Å²) in [6, 6.07) is 5.31. The van der Waals surface area contributed by atoms with Crippen molar-refractivity contribution in [2.45, 2.75) is 26.1 Å². The summed E-state index contributed by atoms with van der Waals surface area (Å²) in [5, 5.41) is 17.5. The average molecular weight is 339 g/mol. The number of fused-ring (bicyclic) bond motifs is 2. The molecule has 0 aromatic carbocycles. The quantitative estimate of drug-likeness (QED) is 0.733. The highest BCUT2D eigenvalue weighted by Crippen LogP contribution is 2.18. The molecule has 25 heavy (non-hydrogen) atoms. The van der Waals surface area contributed by atoms with Crippen LogP contribution in [0.4, 0.5) is 0 Å². The number of hydrogen-bond donors (Lipinski definition) is 0. The summed E-state index contributed by atoms with van der Waals surface area (Å²) in [5.74, 6) is -0.323. The molecule has 2 aliphatic heterocycles. The first-order chi connectivity index (χ1) is 12.1. The van der Waals surface area contributed by atoms with Crippen molar-refractivity contribution < 1.29 is 9.59 Å². The van der Waals surface area contributed by atoms with Gasteiger partial charge in [0, 0.05) is 32.7 Å². The second-order valence-electron chi connectivity index (χ2n) is 6.30. The molecule has 0 saturated carbocycles. The van der Waals surface area contributed by atoms with Crippen molar-refractivity contribution >= 4 is 11.8 Å². The van der Waals surface area contributed by atoms with E-state index < -0.39 is 0 Å². The Balaban J connectivity index is 1.60. The number of rotatable bonds is 1. The van der Waals surface area contributed by atoms with Gasteiger partial charge in [0.2, 0.25) is 0 Å².